The molecule has 2 amide bonds. The van der Waals surface area contributed by atoms with Crippen molar-refractivity contribution < 1.29 is 19.1 Å². The fraction of sp³-hybridized carbons (Fsp3) is 0.579. The molecule has 0 aromatic heterocycles. The third kappa shape index (κ3) is 6.29. The molecule has 0 spiro atoms. The number of ether oxygens (including phenoxy) is 2. The maximum Gasteiger partial charge on any atom is 0.410 e. The highest BCUT2D eigenvalue weighted by atomic mass is 16.6. The Morgan fingerprint density at radius 3 is 2.56 bits per heavy atom. The molecule has 1 N–H and O–H groups in total. The zero-order valence-electron chi connectivity index (χ0n) is 15.5. The number of nitrogens with zero attached hydrogens (tertiary/aromatic N) is 1. The second-order valence-corrected chi connectivity index (χ2v) is 7.57. The number of hydrogen-bond donors (Lipinski definition) is 1. The van der Waals surface area contributed by atoms with Crippen molar-refractivity contribution in [2.45, 2.75) is 52.4 Å². The van der Waals surface area contributed by atoms with Gasteiger partial charge in [-0.1, -0.05) is 37.3 Å². The van der Waals surface area contributed by atoms with Crippen molar-refractivity contribution >= 4 is 12.2 Å². The molecule has 0 saturated carbocycles. The van der Waals surface area contributed by atoms with Gasteiger partial charge in [0, 0.05) is 13.1 Å². The molecule has 0 bridgehead atoms. The van der Waals surface area contributed by atoms with Gasteiger partial charge in [-0.25, -0.2) is 9.59 Å². The van der Waals surface area contributed by atoms with Crippen molar-refractivity contribution in [1.82, 2.24) is 10.2 Å². The van der Waals surface area contributed by atoms with Crippen molar-refractivity contribution in [3.63, 3.8) is 0 Å². The van der Waals surface area contributed by atoms with Crippen LogP contribution in [0.1, 0.15) is 39.7 Å². The number of hydrogen-bond acceptors (Lipinski definition) is 4. The van der Waals surface area contributed by atoms with Crippen LogP contribution in [0.4, 0.5) is 9.59 Å². The van der Waals surface area contributed by atoms with Crippen LogP contribution in [-0.2, 0) is 16.1 Å². The minimum Gasteiger partial charge on any atom is -0.445 e. The van der Waals surface area contributed by atoms with Crippen molar-refractivity contribution in [3.05, 3.63) is 35.9 Å². The van der Waals surface area contributed by atoms with Gasteiger partial charge in [-0.3, -0.25) is 0 Å². The van der Waals surface area contributed by atoms with Crippen molar-refractivity contribution in [2.75, 3.05) is 13.1 Å². The van der Waals surface area contributed by atoms with E-state index < -0.39 is 11.7 Å². The second-order valence-electron chi connectivity index (χ2n) is 7.57. The first-order valence-electron chi connectivity index (χ1n) is 8.69. The zero-order valence-corrected chi connectivity index (χ0v) is 15.5. The van der Waals surface area contributed by atoms with Gasteiger partial charge >= 0.3 is 12.2 Å². The first-order chi connectivity index (χ1) is 11.7. The van der Waals surface area contributed by atoms with Gasteiger partial charge in [-0.2, -0.15) is 0 Å². The highest BCUT2D eigenvalue weighted by molar-refractivity contribution is 5.69. The Hall–Kier alpha value is -2.24. The molecule has 0 aliphatic carbocycles. The first kappa shape index (κ1) is 19.1. The Kier molecular flexibility index (Phi) is 6.28. The summed E-state index contributed by atoms with van der Waals surface area (Å²) in [4.78, 5) is 25.9. The van der Waals surface area contributed by atoms with E-state index in [1.165, 1.54) is 0 Å². The quantitative estimate of drug-likeness (QED) is 0.903. The Labute approximate surface area is 149 Å². The number of amides is 2. The maximum atomic E-state index is 12.4. The summed E-state index contributed by atoms with van der Waals surface area (Å²) in [6.45, 7) is 8.78. The van der Waals surface area contributed by atoms with Gasteiger partial charge in [0.2, 0.25) is 0 Å². The summed E-state index contributed by atoms with van der Waals surface area (Å²) in [6.07, 6.45) is 0.0183. The molecule has 1 aliphatic heterocycles. The van der Waals surface area contributed by atoms with Crippen LogP contribution in [0.2, 0.25) is 0 Å². The van der Waals surface area contributed by atoms with Crippen LogP contribution in [-0.4, -0.2) is 41.8 Å². The molecular weight excluding hydrogens is 320 g/mol. The molecule has 1 aromatic rings. The first-order valence-corrected chi connectivity index (χ1v) is 8.69. The Morgan fingerprint density at radius 2 is 1.92 bits per heavy atom. The van der Waals surface area contributed by atoms with Crippen molar-refractivity contribution in [2.24, 2.45) is 5.92 Å². The standard InChI is InChI=1S/C19H28N2O4/c1-14-10-16(11-20-17(22)25-19(2,3)4)21(12-14)18(23)24-13-15-8-6-5-7-9-15/h5-9,14,16H,10-13H2,1-4H3,(H,20,22)/t14-,16-/m0/s1. The van der Waals surface area contributed by atoms with E-state index in [2.05, 4.69) is 12.2 Å². The third-order valence-electron chi connectivity index (χ3n) is 3.94. The van der Waals surface area contributed by atoms with Crippen LogP contribution in [0, 0.1) is 5.92 Å². The van der Waals surface area contributed by atoms with Crippen molar-refractivity contribution in [1.29, 1.82) is 0 Å². The second kappa shape index (κ2) is 8.23. The summed E-state index contributed by atoms with van der Waals surface area (Å²) in [5.41, 5.74) is 0.410. The predicted molar refractivity (Wildman–Crippen MR) is 95.1 cm³/mol. The van der Waals surface area contributed by atoms with Crippen LogP contribution in [0.5, 0.6) is 0 Å². The number of alkyl carbamates (subject to hydrolysis) is 1. The van der Waals surface area contributed by atoms with E-state index in [0.717, 1.165) is 12.0 Å². The summed E-state index contributed by atoms with van der Waals surface area (Å²) < 4.78 is 10.7. The molecule has 25 heavy (non-hydrogen) atoms. The minimum atomic E-state index is -0.540. The van der Waals surface area contributed by atoms with Gasteiger partial charge in [-0.15, -0.1) is 0 Å². The van der Waals surface area contributed by atoms with Crippen LogP contribution < -0.4 is 5.32 Å². The molecule has 1 aromatic carbocycles. The average molecular weight is 348 g/mol. The van der Waals surface area contributed by atoms with E-state index in [4.69, 9.17) is 9.47 Å². The highest BCUT2D eigenvalue weighted by Gasteiger charge is 2.34. The summed E-state index contributed by atoms with van der Waals surface area (Å²) in [7, 11) is 0. The van der Waals surface area contributed by atoms with Crippen molar-refractivity contribution in [3.8, 4) is 0 Å². The van der Waals surface area contributed by atoms with E-state index >= 15 is 0 Å². The third-order valence-corrected chi connectivity index (χ3v) is 3.94. The zero-order chi connectivity index (χ0) is 18.4. The average Bonchev–Trinajstić information content (AvgIpc) is 2.91. The largest absolute Gasteiger partial charge is 0.445 e. The summed E-state index contributed by atoms with van der Waals surface area (Å²) >= 11 is 0. The number of benzene rings is 1. The molecule has 6 nitrogen and oxygen atoms in total. The fourth-order valence-electron chi connectivity index (χ4n) is 2.89. The Morgan fingerprint density at radius 1 is 1.24 bits per heavy atom. The molecule has 6 heteroatoms. The lowest BCUT2D eigenvalue weighted by Crippen LogP contribution is -2.44. The molecule has 0 radical (unpaired) electrons. The summed E-state index contributed by atoms with van der Waals surface area (Å²) in [5, 5.41) is 2.75. The number of carbonyl (C=O) groups is 2. The van der Waals surface area contributed by atoms with E-state index in [9.17, 15) is 9.59 Å². The topological polar surface area (TPSA) is 67.9 Å². The minimum absolute atomic E-state index is 0.0780. The molecule has 2 rings (SSSR count). The van der Waals surface area contributed by atoms with Gasteiger partial charge in [0.1, 0.15) is 12.2 Å². The molecule has 1 saturated heterocycles. The van der Waals surface area contributed by atoms with Crippen LogP contribution in [0.15, 0.2) is 30.3 Å². The van der Waals surface area contributed by atoms with Crippen LogP contribution in [0.25, 0.3) is 0 Å². The lowest BCUT2D eigenvalue weighted by molar-refractivity contribution is 0.0502. The van der Waals surface area contributed by atoms with Gasteiger partial charge in [0.05, 0.1) is 6.04 Å². The predicted octanol–water partition coefficient (Wildman–Crippen LogP) is 3.56. The Bertz CT molecular complexity index is 583. The van der Waals surface area contributed by atoms with Gasteiger partial charge < -0.3 is 19.7 Å². The molecule has 0 unspecified atom stereocenters. The summed E-state index contributed by atoms with van der Waals surface area (Å²) in [6, 6.07) is 9.50. The number of rotatable bonds is 4. The van der Waals surface area contributed by atoms with E-state index in [0.29, 0.717) is 19.0 Å². The lowest BCUT2D eigenvalue weighted by atomic mass is 10.1. The number of likely N-dealkylation sites (tertiary alicyclic amines) is 1. The van der Waals surface area contributed by atoms with E-state index in [1.54, 1.807) is 4.90 Å². The molecule has 1 heterocycles. The molecule has 138 valence electrons. The monoisotopic (exact) mass is 348 g/mol. The number of nitrogens with one attached hydrogen (secondary N) is 1. The van der Waals surface area contributed by atoms with Gasteiger partial charge in [0.15, 0.2) is 0 Å². The normalized spacial score (nSPS) is 20.2. The van der Waals surface area contributed by atoms with E-state index in [1.807, 2.05) is 51.1 Å². The van der Waals surface area contributed by atoms with Gasteiger partial charge in [-0.05, 0) is 38.7 Å². The fourth-order valence-corrected chi connectivity index (χ4v) is 2.89. The number of carbonyl (C=O) groups excluding carboxylic acids is 2. The Balaban J connectivity index is 1.85. The molecule has 1 fully saturated rings. The van der Waals surface area contributed by atoms with Gasteiger partial charge in [0.25, 0.3) is 0 Å². The smallest absolute Gasteiger partial charge is 0.410 e. The van der Waals surface area contributed by atoms with E-state index in [-0.39, 0.29) is 18.7 Å². The van der Waals surface area contributed by atoms with Crippen LogP contribution >= 0.6 is 0 Å². The maximum absolute atomic E-state index is 12.4. The van der Waals surface area contributed by atoms with Crippen LogP contribution in [0.3, 0.4) is 0 Å². The molecule has 1 aliphatic rings. The molecular formula is C19H28N2O4. The lowest BCUT2D eigenvalue weighted by Gasteiger charge is -2.25. The highest BCUT2D eigenvalue weighted by Crippen LogP contribution is 2.23. The molecule has 2 atom stereocenters. The SMILES string of the molecule is C[C@H]1C[C@@H](CNC(=O)OC(C)(C)C)N(C(=O)OCc2ccccc2)C1. The summed E-state index contributed by atoms with van der Waals surface area (Å²) in [5.74, 6) is 0.370.